The highest BCUT2D eigenvalue weighted by atomic mass is 32.2. The van der Waals surface area contributed by atoms with E-state index in [2.05, 4.69) is 10.0 Å². The summed E-state index contributed by atoms with van der Waals surface area (Å²) < 4.78 is 48.3. The van der Waals surface area contributed by atoms with Crippen molar-refractivity contribution in [1.29, 1.82) is 0 Å². The Morgan fingerprint density at radius 2 is 1.91 bits per heavy atom. The first-order valence-electron chi connectivity index (χ1n) is 11.7. The summed E-state index contributed by atoms with van der Waals surface area (Å²) in [6.07, 6.45) is 3.94. The van der Waals surface area contributed by atoms with Gasteiger partial charge in [0.05, 0.1) is 18.4 Å². The van der Waals surface area contributed by atoms with Gasteiger partial charge in [-0.2, -0.15) is 0 Å². The zero-order valence-electron chi connectivity index (χ0n) is 19.2. The molecule has 2 aromatic carbocycles. The fourth-order valence-corrected chi connectivity index (χ4v) is 6.08. The number of hydrogen-bond donors (Lipinski definition) is 2. The molecule has 3 fully saturated rings. The van der Waals surface area contributed by atoms with Crippen molar-refractivity contribution in [2.75, 3.05) is 26.0 Å². The Hall–Kier alpha value is -2.49. The maximum Gasteiger partial charge on any atom is 0.317 e. The van der Waals surface area contributed by atoms with Gasteiger partial charge in [0, 0.05) is 36.7 Å². The summed E-state index contributed by atoms with van der Waals surface area (Å²) in [5.74, 6) is -0.341. The van der Waals surface area contributed by atoms with Crippen molar-refractivity contribution in [1.82, 2.24) is 14.9 Å². The van der Waals surface area contributed by atoms with Gasteiger partial charge in [0.15, 0.2) is 0 Å². The Labute approximate surface area is 199 Å². The summed E-state index contributed by atoms with van der Waals surface area (Å²) in [7, 11) is -3.52. The number of carbonyl (C=O) groups is 1. The third kappa shape index (κ3) is 4.69. The molecular weight excluding hydrogens is 457 g/mol. The molecule has 3 atom stereocenters. The van der Waals surface area contributed by atoms with E-state index in [4.69, 9.17) is 4.74 Å². The fraction of sp³-hybridized carbons (Fsp3) is 0.480. The Morgan fingerprint density at radius 1 is 1.18 bits per heavy atom. The second-order valence-corrected chi connectivity index (χ2v) is 11.5. The number of carbonyl (C=O) groups excluding carboxylic acids is 1. The van der Waals surface area contributed by atoms with Gasteiger partial charge in [0.2, 0.25) is 10.0 Å². The maximum absolute atomic E-state index is 15.6. The van der Waals surface area contributed by atoms with Crippen LogP contribution in [0.3, 0.4) is 0 Å². The van der Waals surface area contributed by atoms with Gasteiger partial charge in [0.25, 0.3) is 0 Å². The van der Waals surface area contributed by atoms with E-state index in [1.165, 1.54) is 0 Å². The molecule has 1 spiro atoms. The Kier molecular flexibility index (Phi) is 6.12. The van der Waals surface area contributed by atoms with E-state index in [1.807, 2.05) is 30.3 Å². The summed E-state index contributed by atoms with van der Waals surface area (Å²) in [4.78, 5) is 14.9. The zero-order chi connectivity index (χ0) is 23.9. The van der Waals surface area contributed by atoms with Crippen LogP contribution in [-0.2, 0) is 21.2 Å². The largest absolute Gasteiger partial charge is 0.376 e. The van der Waals surface area contributed by atoms with E-state index in [0.717, 1.165) is 31.1 Å². The summed E-state index contributed by atoms with van der Waals surface area (Å²) in [5.41, 5.74) is 1.42. The van der Waals surface area contributed by atoms with Crippen LogP contribution in [-0.4, -0.2) is 63.5 Å². The second-order valence-electron chi connectivity index (χ2n) is 9.74. The molecule has 1 saturated carbocycles. The van der Waals surface area contributed by atoms with Crippen LogP contribution in [0.4, 0.5) is 9.18 Å². The van der Waals surface area contributed by atoms with Gasteiger partial charge in [-0.25, -0.2) is 22.3 Å². The number of urea groups is 1. The number of nitrogens with zero attached hydrogens (tertiary/aromatic N) is 1. The number of amides is 2. The number of hydrogen-bond acceptors (Lipinski definition) is 4. The van der Waals surface area contributed by atoms with Gasteiger partial charge < -0.3 is 15.0 Å². The molecule has 0 radical (unpaired) electrons. The van der Waals surface area contributed by atoms with E-state index in [9.17, 15) is 13.2 Å². The lowest BCUT2D eigenvalue weighted by Gasteiger charge is -2.31. The molecule has 2 aliphatic heterocycles. The summed E-state index contributed by atoms with van der Waals surface area (Å²) >= 11 is 0. The molecule has 182 valence electrons. The third-order valence-corrected chi connectivity index (χ3v) is 7.97. The molecule has 1 aliphatic carbocycles. The highest BCUT2D eigenvalue weighted by Gasteiger charge is 2.61. The van der Waals surface area contributed by atoms with E-state index < -0.39 is 22.1 Å². The average molecular weight is 488 g/mol. The first kappa shape index (κ1) is 23.3. The van der Waals surface area contributed by atoms with Crippen LogP contribution in [0.5, 0.6) is 0 Å². The predicted octanol–water partition coefficient (Wildman–Crippen LogP) is 2.92. The van der Waals surface area contributed by atoms with Crippen LogP contribution in [0.15, 0.2) is 48.5 Å². The zero-order valence-corrected chi connectivity index (χ0v) is 20.0. The van der Waals surface area contributed by atoms with Gasteiger partial charge in [-0.1, -0.05) is 48.5 Å². The second kappa shape index (κ2) is 8.94. The molecular formula is C25H30FN3O4S. The molecule has 34 heavy (non-hydrogen) atoms. The number of likely N-dealkylation sites (tertiary alicyclic amines) is 1. The molecule has 0 bridgehead atoms. The Morgan fingerprint density at radius 3 is 2.53 bits per heavy atom. The van der Waals surface area contributed by atoms with Crippen LogP contribution >= 0.6 is 0 Å². The van der Waals surface area contributed by atoms with Gasteiger partial charge in [-0.05, 0) is 36.8 Å². The van der Waals surface area contributed by atoms with E-state index in [0.29, 0.717) is 30.8 Å². The van der Waals surface area contributed by atoms with Crippen LogP contribution in [0.25, 0.3) is 11.1 Å². The highest BCUT2D eigenvalue weighted by Crippen LogP contribution is 2.55. The lowest BCUT2D eigenvalue weighted by atomic mass is 9.91. The minimum Gasteiger partial charge on any atom is -0.376 e. The normalized spacial score (nSPS) is 25.2. The van der Waals surface area contributed by atoms with Gasteiger partial charge in [-0.15, -0.1) is 0 Å². The first-order valence-corrected chi connectivity index (χ1v) is 13.6. The molecule has 3 aliphatic rings. The molecule has 0 unspecified atom stereocenters. The van der Waals surface area contributed by atoms with Crippen LogP contribution < -0.4 is 10.0 Å². The minimum absolute atomic E-state index is 0.0184. The smallest absolute Gasteiger partial charge is 0.317 e. The summed E-state index contributed by atoms with van der Waals surface area (Å²) in [6, 6.07) is 13.3. The van der Waals surface area contributed by atoms with Crippen LogP contribution in [0.2, 0.25) is 0 Å². The quantitative estimate of drug-likeness (QED) is 0.629. The molecule has 0 aromatic heterocycles. The number of rotatable bonds is 7. The highest BCUT2D eigenvalue weighted by molar-refractivity contribution is 7.88. The average Bonchev–Trinajstić information content (AvgIpc) is 3.49. The lowest BCUT2D eigenvalue weighted by Crippen LogP contribution is -2.52. The van der Waals surface area contributed by atoms with Crippen molar-refractivity contribution in [3.05, 3.63) is 59.9 Å². The minimum atomic E-state index is -3.52. The first-order chi connectivity index (χ1) is 16.3. The van der Waals surface area contributed by atoms with Crippen molar-refractivity contribution < 1.29 is 22.3 Å². The number of halogens is 1. The topological polar surface area (TPSA) is 87.7 Å². The molecule has 2 N–H and O–H groups in total. The van der Waals surface area contributed by atoms with Gasteiger partial charge >= 0.3 is 6.03 Å². The van der Waals surface area contributed by atoms with Crippen molar-refractivity contribution >= 4 is 16.1 Å². The maximum atomic E-state index is 15.6. The van der Waals surface area contributed by atoms with Crippen molar-refractivity contribution in [3.8, 4) is 11.1 Å². The molecule has 2 aromatic rings. The Bertz CT molecular complexity index is 1170. The standard InChI is InChI=1S/C25H30FN3O4S/c1-34(31,32)28-23-21(14-18-8-5-9-20(22(18)26)17-6-3-2-4-7-17)29(16-25(23)11-12-25)24(30)27-15-19-10-13-33-19/h2-9,19,21,23,28H,10-16H2,1H3,(H,27,30)/t19-,21+,23-/m1/s1. The van der Waals surface area contributed by atoms with Crippen molar-refractivity contribution in [3.63, 3.8) is 0 Å². The van der Waals surface area contributed by atoms with E-state index in [1.54, 1.807) is 23.1 Å². The number of sulfonamides is 1. The molecule has 5 rings (SSSR count). The number of ether oxygens (including phenoxy) is 1. The molecule has 9 heteroatoms. The van der Waals surface area contributed by atoms with E-state index >= 15 is 4.39 Å². The Balaban J connectivity index is 1.44. The lowest BCUT2D eigenvalue weighted by molar-refractivity contribution is -0.0472. The van der Waals surface area contributed by atoms with Crippen LogP contribution in [0, 0.1) is 11.2 Å². The van der Waals surface area contributed by atoms with Gasteiger partial charge in [-0.3, -0.25) is 0 Å². The van der Waals surface area contributed by atoms with Crippen LogP contribution in [0.1, 0.15) is 24.8 Å². The van der Waals surface area contributed by atoms with Gasteiger partial charge in [0.1, 0.15) is 5.82 Å². The fourth-order valence-electron chi connectivity index (χ4n) is 5.21. The molecule has 7 nitrogen and oxygen atoms in total. The number of benzene rings is 2. The van der Waals surface area contributed by atoms with Crippen molar-refractivity contribution in [2.24, 2.45) is 5.41 Å². The SMILES string of the molecule is CS(=O)(=O)N[C@@H]1[C@H](Cc2cccc(-c3ccccc3)c2F)N(C(=O)NC[C@H]2CCO2)CC12CC2. The molecule has 2 saturated heterocycles. The summed E-state index contributed by atoms with van der Waals surface area (Å²) in [6.45, 7) is 1.56. The number of nitrogens with one attached hydrogen (secondary N) is 2. The van der Waals surface area contributed by atoms with Crippen molar-refractivity contribution in [2.45, 2.75) is 43.9 Å². The third-order valence-electron chi connectivity index (χ3n) is 7.29. The molecule has 2 amide bonds. The summed E-state index contributed by atoms with van der Waals surface area (Å²) in [5, 5.41) is 2.93. The monoisotopic (exact) mass is 487 g/mol. The molecule has 2 heterocycles. The van der Waals surface area contributed by atoms with E-state index in [-0.39, 0.29) is 29.8 Å². The predicted molar refractivity (Wildman–Crippen MR) is 127 cm³/mol.